The van der Waals surface area contributed by atoms with Crippen molar-refractivity contribution in [3.63, 3.8) is 0 Å². The fourth-order valence-electron chi connectivity index (χ4n) is 2.90. The van der Waals surface area contributed by atoms with Crippen molar-refractivity contribution in [1.82, 2.24) is 19.9 Å². The average Bonchev–Trinajstić information content (AvgIpc) is 3.26. The van der Waals surface area contributed by atoms with Crippen molar-refractivity contribution in [1.29, 1.82) is 0 Å². The van der Waals surface area contributed by atoms with E-state index in [-0.39, 0.29) is 17.2 Å². The first-order valence-corrected chi connectivity index (χ1v) is 9.37. The summed E-state index contributed by atoms with van der Waals surface area (Å²) in [6.45, 7) is 0. The van der Waals surface area contributed by atoms with Crippen LogP contribution in [0.1, 0.15) is 22.0 Å². The lowest BCUT2D eigenvalue weighted by molar-refractivity contribution is -0.132. The van der Waals surface area contributed by atoms with E-state index in [1.807, 2.05) is 0 Å². The molecule has 0 aliphatic carbocycles. The van der Waals surface area contributed by atoms with Crippen LogP contribution in [0.2, 0.25) is 5.02 Å². The van der Waals surface area contributed by atoms with Crippen molar-refractivity contribution in [3.05, 3.63) is 75.7 Å². The topological polar surface area (TPSA) is 96.6 Å². The van der Waals surface area contributed by atoms with E-state index in [9.17, 15) is 14.7 Å². The van der Waals surface area contributed by atoms with E-state index in [2.05, 4.69) is 15.4 Å². The fraction of sp³-hybridized carbons (Fsp3) is 0.111. The lowest BCUT2D eigenvalue weighted by Crippen LogP contribution is -2.24. The summed E-state index contributed by atoms with van der Waals surface area (Å²) in [6.07, 6.45) is 3.29. The van der Waals surface area contributed by atoms with E-state index in [4.69, 9.17) is 11.6 Å². The third-order valence-electron chi connectivity index (χ3n) is 4.19. The van der Waals surface area contributed by atoms with Crippen LogP contribution in [-0.2, 0) is 4.79 Å². The van der Waals surface area contributed by atoms with Gasteiger partial charge in [0, 0.05) is 35.2 Å². The van der Waals surface area contributed by atoms with Crippen LogP contribution in [0, 0.1) is 0 Å². The standard InChI is InChI=1S/C18H13ClN4O3S/c19-11-4-2-10(3-5-11)12-9-27-17(15(12)18(25)26)21-16(24)13-8-14-20-6-1-7-23(14)22-13/h1-8,12H,9H2,(H,21,24)(H,25,26). The zero-order chi connectivity index (χ0) is 19.0. The molecule has 1 aliphatic heterocycles. The van der Waals surface area contributed by atoms with Crippen LogP contribution in [0.15, 0.2) is 59.4 Å². The Kier molecular flexibility index (Phi) is 4.59. The Hall–Kier alpha value is -2.84. The minimum Gasteiger partial charge on any atom is -0.478 e. The average molecular weight is 401 g/mol. The van der Waals surface area contributed by atoms with Crippen molar-refractivity contribution in [3.8, 4) is 0 Å². The Balaban J connectivity index is 1.63. The number of carbonyl (C=O) groups excluding carboxylic acids is 1. The van der Waals surface area contributed by atoms with Gasteiger partial charge in [0.1, 0.15) is 0 Å². The van der Waals surface area contributed by atoms with Gasteiger partial charge < -0.3 is 10.4 Å². The van der Waals surface area contributed by atoms with Crippen LogP contribution >= 0.6 is 23.4 Å². The molecule has 1 unspecified atom stereocenters. The molecular formula is C18H13ClN4O3S. The number of hydrogen-bond donors (Lipinski definition) is 2. The molecule has 1 aromatic carbocycles. The molecule has 0 saturated carbocycles. The first kappa shape index (κ1) is 17.6. The second-order valence-corrected chi connectivity index (χ2v) is 7.34. The predicted molar refractivity (Wildman–Crippen MR) is 102 cm³/mol. The Bertz CT molecular complexity index is 1040. The molecule has 0 fully saturated rings. The summed E-state index contributed by atoms with van der Waals surface area (Å²) in [5.41, 5.74) is 1.71. The van der Waals surface area contributed by atoms with Gasteiger partial charge in [-0.25, -0.2) is 14.3 Å². The van der Waals surface area contributed by atoms with Crippen LogP contribution in [0.5, 0.6) is 0 Å². The highest BCUT2D eigenvalue weighted by Crippen LogP contribution is 2.41. The second-order valence-electron chi connectivity index (χ2n) is 5.87. The van der Waals surface area contributed by atoms with Crippen molar-refractivity contribution < 1.29 is 14.7 Å². The highest BCUT2D eigenvalue weighted by Gasteiger charge is 2.33. The van der Waals surface area contributed by atoms with Crippen molar-refractivity contribution in [2.75, 3.05) is 5.75 Å². The van der Waals surface area contributed by atoms with Crippen LogP contribution in [-0.4, -0.2) is 37.3 Å². The first-order valence-electron chi connectivity index (χ1n) is 8.00. The van der Waals surface area contributed by atoms with Crippen LogP contribution in [0.4, 0.5) is 0 Å². The number of aliphatic carboxylic acids is 1. The number of halogens is 1. The Morgan fingerprint density at radius 1 is 1.30 bits per heavy atom. The lowest BCUT2D eigenvalue weighted by atomic mass is 9.93. The first-order chi connectivity index (χ1) is 13.0. The molecule has 1 atom stereocenters. The molecule has 1 amide bonds. The number of amides is 1. The molecule has 9 heteroatoms. The smallest absolute Gasteiger partial charge is 0.334 e. The predicted octanol–water partition coefficient (Wildman–Crippen LogP) is 2.94. The van der Waals surface area contributed by atoms with E-state index in [1.54, 1.807) is 48.8 Å². The Morgan fingerprint density at radius 3 is 2.78 bits per heavy atom. The SMILES string of the molecule is O=C(O)C1=C(NC(=O)c2cc3ncccn3n2)SCC1c1ccc(Cl)cc1. The number of nitrogens with zero attached hydrogens (tertiary/aromatic N) is 3. The molecule has 27 heavy (non-hydrogen) atoms. The van der Waals surface area contributed by atoms with E-state index < -0.39 is 11.9 Å². The number of thioether (sulfide) groups is 1. The maximum Gasteiger partial charge on any atom is 0.334 e. The molecule has 3 heterocycles. The highest BCUT2D eigenvalue weighted by molar-refractivity contribution is 8.03. The zero-order valence-electron chi connectivity index (χ0n) is 13.8. The summed E-state index contributed by atoms with van der Waals surface area (Å²) < 4.78 is 1.49. The molecule has 4 rings (SSSR count). The molecule has 7 nitrogen and oxygen atoms in total. The fourth-order valence-corrected chi connectivity index (χ4v) is 4.27. The van der Waals surface area contributed by atoms with Crippen molar-refractivity contribution >= 4 is 40.9 Å². The molecule has 2 N–H and O–H groups in total. The summed E-state index contributed by atoms with van der Waals surface area (Å²) in [6, 6.07) is 10.3. The van der Waals surface area contributed by atoms with Gasteiger partial charge >= 0.3 is 5.97 Å². The molecule has 3 aromatic rings. The maximum atomic E-state index is 12.6. The monoisotopic (exact) mass is 400 g/mol. The zero-order valence-corrected chi connectivity index (χ0v) is 15.4. The number of carboxylic acid groups (broad SMARTS) is 1. The van der Waals surface area contributed by atoms with Crippen LogP contribution < -0.4 is 5.32 Å². The van der Waals surface area contributed by atoms with Gasteiger partial charge in [-0.3, -0.25) is 4.79 Å². The molecule has 0 bridgehead atoms. The van der Waals surface area contributed by atoms with E-state index in [0.717, 1.165) is 5.56 Å². The highest BCUT2D eigenvalue weighted by atomic mass is 35.5. The van der Waals surface area contributed by atoms with Crippen molar-refractivity contribution in [2.24, 2.45) is 0 Å². The minimum atomic E-state index is -1.06. The number of rotatable bonds is 4. The van der Waals surface area contributed by atoms with Gasteiger partial charge in [-0.15, -0.1) is 11.8 Å². The molecule has 0 radical (unpaired) electrons. The largest absolute Gasteiger partial charge is 0.478 e. The number of aromatic nitrogens is 3. The van der Waals surface area contributed by atoms with E-state index in [0.29, 0.717) is 21.5 Å². The van der Waals surface area contributed by atoms with Gasteiger partial charge in [0.2, 0.25) is 0 Å². The number of nitrogens with one attached hydrogen (secondary N) is 1. The summed E-state index contributed by atoms with van der Waals surface area (Å²) in [4.78, 5) is 28.5. The summed E-state index contributed by atoms with van der Waals surface area (Å²) in [5.74, 6) is -1.35. The molecule has 0 spiro atoms. The third kappa shape index (κ3) is 3.41. The number of fused-ring (bicyclic) bond motifs is 1. The Morgan fingerprint density at radius 2 is 2.07 bits per heavy atom. The number of carbonyl (C=O) groups is 2. The molecule has 2 aromatic heterocycles. The number of benzene rings is 1. The van der Waals surface area contributed by atoms with Crippen LogP contribution in [0.3, 0.4) is 0 Å². The van der Waals surface area contributed by atoms with E-state index in [1.165, 1.54) is 16.3 Å². The van der Waals surface area contributed by atoms with Crippen LogP contribution in [0.25, 0.3) is 5.65 Å². The summed E-state index contributed by atoms with van der Waals surface area (Å²) in [7, 11) is 0. The van der Waals surface area contributed by atoms with E-state index >= 15 is 0 Å². The van der Waals surface area contributed by atoms with Gasteiger partial charge in [-0.1, -0.05) is 23.7 Å². The summed E-state index contributed by atoms with van der Waals surface area (Å²) >= 11 is 7.21. The van der Waals surface area contributed by atoms with Gasteiger partial charge in [0.05, 0.1) is 10.6 Å². The second kappa shape index (κ2) is 7.05. The van der Waals surface area contributed by atoms with Crippen molar-refractivity contribution in [2.45, 2.75) is 5.92 Å². The van der Waals surface area contributed by atoms with Gasteiger partial charge in [0.25, 0.3) is 5.91 Å². The number of hydrogen-bond acceptors (Lipinski definition) is 5. The Labute approximate surface area is 163 Å². The number of carboxylic acids is 1. The van der Waals surface area contributed by atoms with Gasteiger partial charge in [-0.05, 0) is 23.8 Å². The normalized spacial score (nSPS) is 16.7. The minimum absolute atomic E-state index is 0.164. The summed E-state index contributed by atoms with van der Waals surface area (Å²) in [5, 5.41) is 17.5. The third-order valence-corrected chi connectivity index (χ3v) is 5.55. The molecule has 136 valence electrons. The quantitative estimate of drug-likeness (QED) is 0.699. The maximum absolute atomic E-state index is 12.6. The van der Waals surface area contributed by atoms with Gasteiger partial charge in [0.15, 0.2) is 11.3 Å². The molecular weight excluding hydrogens is 388 g/mol. The lowest BCUT2D eigenvalue weighted by Gasteiger charge is -2.12. The molecule has 1 aliphatic rings. The molecule has 0 saturated heterocycles. The van der Waals surface area contributed by atoms with Gasteiger partial charge in [-0.2, -0.15) is 5.10 Å².